The third-order valence-corrected chi connectivity index (χ3v) is 4.42. The molecule has 0 heterocycles. The van der Waals surface area contributed by atoms with Gasteiger partial charge in [-0.05, 0) is 55.2 Å². The molecule has 0 aliphatic carbocycles. The highest BCUT2D eigenvalue weighted by Crippen LogP contribution is 2.35. The molecule has 2 rings (SSSR count). The Labute approximate surface area is 171 Å². The topological polar surface area (TPSA) is 55.8 Å². The number of amides is 1. The first kappa shape index (κ1) is 21.8. The van der Waals surface area contributed by atoms with Crippen LogP contribution in [0.25, 0.3) is 0 Å². The molecule has 6 heteroatoms. The molecule has 0 N–H and O–H groups in total. The van der Waals surface area contributed by atoms with Gasteiger partial charge in [0.15, 0.2) is 5.75 Å². The lowest BCUT2D eigenvalue weighted by Gasteiger charge is -2.26. The van der Waals surface area contributed by atoms with Crippen LogP contribution in [-0.2, 0) is 10.2 Å². The molecule has 0 aliphatic heterocycles. The van der Waals surface area contributed by atoms with Gasteiger partial charge in [-0.25, -0.2) is 9.59 Å². The fourth-order valence-corrected chi connectivity index (χ4v) is 2.84. The van der Waals surface area contributed by atoms with Gasteiger partial charge < -0.3 is 9.47 Å². The summed E-state index contributed by atoms with van der Waals surface area (Å²) in [5.74, 6) is -0.264. The van der Waals surface area contributed by atoms with Crippen LogP contribution in [0.1, 0.15) is 50.5 Å². The molecule has 0 aliphatic rings. The molecule has 0 saturated carbocycles. The Balaban J connectivity index is 2.47. The van der Waals surface area contributed by atoms with Crippen molar-refractivity contribution in [2.45, 2.75) is 40.0 Å². The number of anilines is 1. The van der Waals surface area contributed by atoms with Crippen LogP contribution in [0, 0.1) is 0 Å². The quantitative estimate of drug-likeness (QED) is 0.464. The van der Waals surface area contributed by atoms with Crippen LogP contribution in [0.4, 0.5) is 10.5 Å². The molecule has 28 heavy (non-hydrogen) atoms. The SMILES string of the molecule is CCOC(=O)N(CC)c1cc(C(C)(C)C)ccc1OC(=O)c1cccc(Cl)c1. The second kappa shape index (κ2) is 9.11. The molecule has 0 radical (unpaired) electrons. The number of halogens is 1. The Morgan fingerprint density at radius 2 is 1.79 bits per heavy atom. The van der Waals surface area contributed by atoms with Crippen molar-refractivity contribution in [3.8, 4) is 5.75 Å². The van der Waals surface area contributed by atoms with Crippen molar-refractivity contribution in [2.75, 3.05) is 18.1 Å². The Hall–Kier alpha value is -2.53. The van der Waals surface area contributed by atoms with E-state index >= 15 is 0 Å². The van der Waals surface area contributed by atoms with Crippen LogP contribution >= 0.6 is 11.6 Å². The summed E-state index contributed by atoms with van der Waals surface area (Å²) in [5.41, 5.74) is 1.69. The molecule has 150 valence electrons. The van der Waals surface area contributed by atoms with Crippen LogP contribution in [0.3, 0.4) is 0 Å². The summed E-state index contributed by atoms with van der Waals surface area (Å²) in [6.45, 7) is 10.4. The number of esters is 1. The maximum atomic E-state index is 12.6. The van der Waals surface area contributed by atoms with Crippen LogP contribution in [-0.4, -0.2) is 25.2 Å². The minimum atomic E-state index is -0.549. The zero-order valence-electron chi connectivity index (χ0n) is 16.9. The minimum Gasteiger partial charge on any atom is -0.449 e. The number of carbonyl (C=O) groups excluding carboxylic acids is 2. The second-order valence-corrected chi connectivity index (χ2v) is 7.71. The molecule has 0 unspecified atom stereocenters. The van der Waals surface area contributed by atoms with Crippen molar-refractivity contribution in [3.63, 3.8) is 0 Å². The molecule has 2 aromatic carbocycles. The van der Waals surface area contributed by atoms with Crippen LogP contribution in [0.2, 0.25) is 5.02 Å². The van der Waals surface area contributed by atoms with E-state index in [-0.39, 0.29) is 17.8 Å². The van der Waals surface area contributed by atoms with E-state index in [0.717, 1.165) is 5.56 Å². The van der Waals surface area contributed by atoms with Gasteiger partial charge in [0, 0.05) is 11.6 Å². The molecular weight excluding hydrogens is 378 g/mol. The van der Waals surface area contributed by atoms with E-state index in [2.05, 4.69) is 20.8 Å². The van der Waals surface area contributed by atoms with Gasteiger partial charge in [-0.1, -0.05) is 44.5 Å². The molecular formula is C22H26ClNO4. The predicted molar refractivity (Wildman–Crippen MR) is 112 cm³/mol. The summed E-state index contributed by atoms with van der Waals surface area (Å²) in [4.78, 5) is 26.5. The van der Waals surface area contributed by atoms with Gasteiger partial charge in [-0.2, -0.15) is 0 Å². The molecule has 0 atom stereocenters. The predicted octanol–water partition coefficient (Wildman–Crippen LogP) is 5.84. The highest BCUT2D eigenvalue weighted by atomic mass is 35.5. The monoisotopic (exact) mass is 403 g/mol. The number of hydrogen-bond donors (Lipinski definition) is 0. The fourth-order valence-electron chi connectivity index (χ4n) is 2.65. The van der Waals surface area contributed by atoms with E-state index < -0.39 is 12.1 Å². The smallest absolute Gasteiger partial charge is 0.414 e. The lowest BCUT2D eigenvalue weighted by atomic mass is 9.86. The van der Waals surface area contributed by atoms with E-state index in [1.807, 2.05) is 19.1 Å². The van der Waals surface area contributed by atoms with Crippen molar-refractivity contribution in [1.82, 2.24) is 0 Å². The van der Waals surface area contributed by atoms with Crippen molar-refractivity contribution in [2.24, 2.45) is 0 Å². The molecule has 2 aromatic rings. The summed E-state index contributed by atoms with van der Waals surface area (Å²) in [6, 6.07) is 12.0. The van der Waals surface area contributed by atoms with Crippen molar-refractivity contribution in [1.29, 1.82) is 0 Å². The fraction of sp³-hybridized carbons (Fsp3) is 0.364. The van der Waals surface area contributed by atoms with E-state index in [0.29, 0.717) is 22.8 Å². The third kappa shape index (κ3) is 5.26. The Kier molecular flexibility index (Phi) is 7.08. The number of rotatable bonds is 5. The third-order valence-electron chi connectivity index (χ3n) is 4.18. The van der Waals surface area contributed by atoms with E-state index in [1.54, 1.807) is 31.2 Å². The second-order valence-electron chi connectivity index (χ2n) is 7.28. The van der Waals surface area contributed by atoms with Crippen molar-refractivity contribution < 1.29 is 19.1 Å². The van der Waals surface area contributed by atoms with E-state index in [9.17, 15) is 9.59 Å². The normalized spacial score (nSPS) is 11.1. The molecule has 0 saturated heterocycles. The van der Waals surface area contributed by atoms with Crippen LogP contribution in [0.15, 0.2) is 42.5 Å². The molecule has 5 nitrogen and oxygen atoms in total. The molecule has 1 amide bonds. The highest BCUT2D eigenvalue weighted by molar-refractivity contribution is 6.30. The zero-order valence-corrected chi connectivity index (χ0v) is 17.7. The number of carbonyl (C=O) groups is 2. The van der Waals surface area contributed by atoms with Crippen LogP contribution in [0.5, 0.6) is 5.75 Å². The number of nitrogens with zero attached hydrogens (tertiary/aromatic N) is 1. The zero-order chi connectivity index (χ0) is 20.9. The maximum absolute atomic E-state index is 12.6. The summed E-state index contributed by atoms with van der Waals surface area (Å²) >= 11 is 5.97. The van der Waals surface area contributed by atoms with Gasteiger partial charge in [0.1, 0.15) is 0 Å². The summed E-state index contributed by atoms with van der Waals surface area (Å²) < 4.78 is 10.8. The molecule has 0 aromatic heterocycles. The average molecular weight is 404 g/mol. The first-order valence-electron chi connectivity index (χ1n) is 9.24. The van der Waals surface area contributed by atoms with Gasteiger partial charge >= 0.3 is 12.1 Å². The Morgan fingerprint density at radius 3 is 2.36 bits per heavy atom. The lowest BCUT2D eigenvalue weighted by Crippen LogP contribution is -2.32. The van der Waals surface area contributed by atoms with Gasteiger partial charge in [0.25, 0.3) is 0 Å². The summed E-state index contributed by atoms with van der Waals surface area (Å²) in [7, 11) is 0. The van der Waals surface area contributed by atoms with E-state index in [4.69, 9.17) is 21.1 Å². The number of hydrogen-bond acceptors (Lipinski definition) is 4. The Morgan fingerprint density at radius 1 is 1.07 bits per heavy atom. The summed E-state index contributed by atoms with van der Waals surface area (Å²) in [6.07, 6.45) is -0.490. The first-order valence-corrected chi connectivity index (χ1v) is 9.61. The average Bonchev–Trinajstić information content (AvgIpc) is 2.62. The van der Waals surface area contributed by atoms with Gasteiger partial charge in [0.2, 0.25) is 0 Å². The molecule has 0 bridgehead atoms. The maximum Gasteiger partial charge on any atom is 0.414 e. The minimum absolute atomic E-state index is 0.141. The van der Waals surface area contributed by atoms with E-state index in [1.165, 1.54) is 11.0 Å². The van der Waals surface area contributed by atoms with Gasteiger partial charge in [-0.15, -0.1) is 0 Å². The first-order chi connectivity index (χ1) is 13.2. The summed E-state index contributed by atoms with van der Waals surface area (Å²) in [5, 5.41) is 0.444. The van der Waals surface area contributed by atoms with Gasteiger partial charge in [0.05, 0.1) is 17.9 Å². The number of ether oxygens (including phenoxy) is 2. The molecule has 0 spiro atoms. The number of benzene rings is 2. The van der Waals surface area contributed by atoms with Crippen molar-refractivity contribution >= 4 is 29.4 Å². The molecule has 0 fully saturated rings. The largest absolute Gasteiger partial charge is 0.449 e. The Bertz CT molecular complexity index is 858. The van der Waals surface area contributed by atoms with Gasteiger partial charge in [-0.3, -0.25) is 4.90 Å². The lowest BCUT2D eigenvalue weighted by molar-refractivity contribution is 0.0734. The highest BCUT2D eigenvalue weighted by Gasteiger charge is 2.24. The van der Waals surface area contributed by atoms with Crippen LogP contribution < -0.4 is 9.64 Å². The van der Waals surface area contributed by atoms with Crippen molar-refractivity contribution in [3.05, 3.63) is 58.6 Å². The standard InChI is InChI=1S/C22H26ClNO4/c1-6-24(21(26)27-7-2)18-14-16(22(3,4)5)11-12-19(18)28-20(25)15-9-8-10-17(23)13-15/h8-14H,6-7H2,1-5H3.